The van der Waals surface area contributed by atoms with E-state index in [4.69, 9.17) is 15.6 Å². The van der Waals surface area contributed by atoms with Crippen LogP contribution in [0.4, 0.5) is 13.2 Å². The first-order chi connectivity index (χ1) is 6.71. The molecule has 0 atom stereocenters. The van der Waals surface area contributed by atoms with Gasteiger partial charge in [0.2, 0.25) is 5.91 Å². The molecule has 0 saturated carbocycles. The maximum absolute atomic E-state index is 10.6. The molecule has 4 N–H and O–H groups in total. The zero-order valence-electron chi connectivity index (χ0n) is 8.10. The average Bonchev–Trinajstić information content (AvgIpc) is 2.03. The lowest BCUT2D eigenvalue weighted by Crippen LogP contribution is -2.22. The Morgan fingerprint density at radius 2 is 1.80 bits per heavy atom. The third kappa shape index (κ3) is 15.4. The zero-order valence-corrected chi connectivity index (χ0v) is 8.10. The monoisotopic (exact) mass is 230 g/mol. The number of hydrogen-bond acceptors (Lipinski definition) is 3. The van der Waals surface area contributed by atoms with Crippen LogP contribution in [0.1, 0.15) is 13.3 Å². The number of carboxylic acids is 1. The highest BCUT2D eigenvalue weighted by Crippen LogP contribution is 2.13. The molecule has 0 aliphatic rings. The van der Waals surface area contributed by atoms with Crippen LogP contribution in [-0.2, 0) is 9.59 Å². The van der Waals surface area contributed by atoms with Gasteiger partial charge in [-0.25, -0.2) is 4.79 Å². The van der Waals surface area contributed by atoms with Crippen LogP contribution >= 0.6 is 0 Å². The van der Waals surface area contributed by atoms with Crippen LogP contribution in [0.3, 0.4) is 0 Å². The van der Waals surface area contributed by atoms with Crippen molar-refractivity contribution in [1.82, 2.24) is 5.32 Å². The highest BCUT2D eigenvalue weighted by Gasteiger charge is 2.38. The van der Waals surface area contributed by atoms with Gasteiger partial charge in [0, 0.05) is 13.5 Å². The van der Waals surface area contributed by atoms with Gasteiger partial charge in [0.1, 0.15) is 0 Å². The molecule has 0 aliphatic carbocycles. The summed E-state index contributed by atoms with van der Waals surface area (Å²) in [6.45, 7) is 2.84. The molecule has 0 aliphatic heterocycles. The van der Waals surface area contributed by atoms with Gasteiger partial charge in [0.15, 0.2) is 0 Å². The SMILES string of the molecule is CC(=O)NCCCN.O=C(O)C(F)(F)F. The van der Waals surface area contributed by atoms with Gasteiger partial charge in [-0.05, 0) is 13.0 Å². The van der Waals surface area contributed by atoms with Crippen molar-refractivity contribution in [2.75, 3.05) is 13.1 Å². The number of carbonyl (C=O) groups excluding carboxylic acids is 1. The van der Waals surface area contributed by atoms with E-state index in [2.05, 4.69) is 5.32 Å². The molecule has 0 bridgehead atoms. The molecule has 1 amide bonds. The van der Waals surface area contributed by atoms with Gasteiger partial charge in [0.25, 0.3) is 0 Å². The number of carbonyl (C=O) groups is 2. The second-order valence-electron chi connectivity index (χ2n) is 2.43. The standard InChI is InChI=1S/C5H12N2O.C2HF3O2/c1-5(8)7-4-2-3-6;3-2(4,5)1(6)7/h2-4,6H2,1H3,(H,7,8);(H,6,7). The summed E-state index contributed by atoms with van der Waals surface area (Å²) in [6.07, 6.45) is -4.22. The summed E-state index contributed by atoms with van der Waals surface area (Å²) in [5, 5.41) is 9.75. The normalized spacial score (nSPS) is 9.93. The Morgan fingerprint density at radius 3 is 2.00 bits per heavy atom. The molecule has 0 unspecified atom stereocenters. The number of hydrogen-bond donors (Lipinski definition) is 3. The summed E-state index contributed by atoms with van der Waals surface area (Å²) >= 11 is 0. The summed E-state index contributed by atoms with van der Waals surface area (Å²) in [7, 11) is 0. The first-order valence-electron chi connectivity index (χ1n) is 3.96. The van der Waals surface area contributed by atoms with Crippen LogP contribution < -0.4 is 11.1 Å². The smallest absolute Gasteiger partial charge is 0.475 e. The number of halogens is 3. The van der Waals surface area contributed by atoms with Gasteiger partial charge < -0.3 is 16.2 Å². The predicted octanol–water partition coefficient (Wildman–Crippen LogP) is 0.105. The average molecular weight is 230 g/mol. The third-order valence-corrected chi connectivity index (χ3v) is 0.997. The molecule has 0 saturated heterocycles. The first kappa shape index (κ1) is 16.1. The molecule has 0 aromatic heterocycles. The third-order valence-electron chi connectivity index (χ3n) is 0.997. The molecule has 0 rings (SSSR count). The van der Waals surface area contributed by atoms with E-state index in [0.29, 0.717) is 13.1 Å². The second kappa shape index (κ2) is 8.04. The number of alkyl halides is 3. The number of rotatable bonds is 3. The van der Waals surface area contributed by atoms with Crippen molar-refractivity contribution < 1.29 is 27.9 Å². The van der Waals surface area contributed by atoms with Crippen LogP contribution in [0.15, 0.2) is 0 Å². The minimum absolute atomic E-state index is 0.0125. The van der Waals surface area contributed by atoms with Gasteiger partial charge in [0.05, 0.1) is 0 Å². The molecule has 0 aromatic carbocycles. The van der Waals surface area contributed by atoms with E-state index in [-0.39, 0.29) is 5.91 Å². The van der Waals surface area contributed by atoms with E-state index >= 15 is 0 Å². The van der Waals surface area contributed by atoms with Gasteiger partial charge >= 0.3 is 12.1 Å². The van der Waals surface area contributed by atoms with Gasteiger partial charge in [-0.2, -0.15) is 13.2 Å². The van der Waals surface area contributed by atoms with E-state index in [1.807, 2.05) is 0 Å². The van der Waals surface area contributed by atoms with E-state index in [1.54, 1.807) is 0 Å². The Hall–Kier alpha value is -1.31. The minimum atomic E-state index is -5.08. The molecule has 0 heterocycles. The van der Waals surface area contributed by atoms with Crippen molar-refractivity contribution in [3.8, 4) is 0 Å². The predicted molar refractivity (Wildman–Crippen MR) is 46.0 cm³/mol. The lowest BCUT2D eigenvalue weighted by molar-refractivity contribution is -0.192. The summed E-state index contributed by atoms with van der Waals surface area (Å²) in [5.41, 5.74) is 5.16. The molecule has 90 valence electrons. The largest absolute Gasteiger partial charge is 0.490 e. The maximum atomic E-state index is 10.6. The van der Waals surface area contributed by atoms with Crippen molar-refractivity contribution in [1.29, 1.82) is 0 Å². The quantitative estimate of drug-likeness (QED) is 0.600. The fraction of sp³-hybridized carbons (Fsp3) is 0.714. The molecule has 15 heavy (non-hydrogen) atoms. The second-order valence-corrected chi connectivity index (χ2v) is 2.43. The van der Waals surface area contributed by atoms with Crippen LogP contribution in [-0.4, -0.2) is 36.2 Å². The van der Waals surface area contributed by atoms with Crippen molar-refractivity contribution in [3.05, 3.63) is 0 Å². The molecule has 0 spiro atoms. The van der Waals surface area contributed by atoms with Crippen molar-refractivity contribution in [2.24, 2.45) is 5.73 Å². The minimum Gasteiger partial charge on any atom is -0.475 e. The number of carboxylic acid groups (broad SMARTS) is 1. The van der Waals surface area contributed by atoms with Crippen molar-refractivity contribution >= 4 is 11.9 Å². The Bertz CT molecular complexity index is 206. The van der Waals surface area contributed by atoms with E-state index < -0.39 is 12.1 Å². The Morgan fingerprint density at radius 1 is 1.40 bits per heavy atom. The number of nitrogens with two attached hydrogens (primary N) is 1. The Balaban J connectivity index is 0. The van der Waals surface area contributed by atoms with Crippen LogP contribution in [0, 0.1) is 0 Å². The van der Waals surface area contributed by atoms with E-state index in [0.717, 1.165) is 6.42 Å². The summed E-state index contributed by atoms with van der Waals surface area (Å²) in [5.74, 6) is -2.74. The molecular weight excluding hydrogens is 217 g/mol. The lowest BCUT2D eigenvalue weighted by Gasteiger charge is -1.96. The summed E-state index contributed by atoms with van der Waals surface area (Å²) < 4.78 is 31.7. The van der Waals surface area contributed by atoms with Crippen LogP contribution in [0.25, 0.3) is 0 Å². The molecular formula is C7H13F3N2O3. The van der Waals surface area contributed by atoms with Gasteiger partial charge in [-0.3, -0.25) is 4.79 Å². The Labute approximate surface area is 84.4 Å². The highest BCUT2D eigenvalue weighted by atomic mass is 19.4. The molecule has 0 radical (unpaired) electrons. The van der Waals surface area contributed by atoms with Crippen molar-refractivity contribution in [3.63, 3.8) is 0 Å². The summed E-state index contributed by atoms with van der Waals surface area (Å²) in [4.78, 5) is 19.1. The van der Waals surface area contributed by atoms with Crippen molar-refractivity contribution in [2.45, 2.75) is 19.5 Å². The molecule has 0 fully saturated rings. The van der Waals surface area contributed by atoms with Crippen LogP contribution in [0.5, 0.6) is 0 Å². The van der Waals surface area contributed by atoms with Gasteiger partial charge in [-0.1, -0.05) is 0 Å². The first-order valence-corrected chi connectivity index (χ1v) is 3.96. The summed E-state index contributed by atoms with van der Waals surface area (Å²) in [6, 6.07) is 0. The number of aliphatic carboxylic acids is 1. The fourth-order valence-electron chi connectivity index (χ4n) is 0.366. The zero-order chi connectivity index (χ0) is 12.5. The van der Waals surface area contributed by atoms with Gasteiger partial charge in [-0.15, -0.1) is 0 Å². The Kier molecular flexibility index (Phi) is 8.64. The maximum Gasteiger partial charge on any atom is 0.490 e. The molecule has 5 nitrogen and oxygen atoms in total. The van der Waals surface area contributed by atoms with E-state index in [9.17, 15) is 18.0 Å². The van der Waals surface area contributed by atoms with E-state index in [1.165, 1.54) is 6.92 Å². The topological polar surface area (TPSA) is 92.4 Å². The van der Waals surface area contributed by atoms with Crippen LogP contribution in [0.2, 0.25) is 0 Å². The fourth-order valence-corrected chi connectivity index (χ4v) is 0.366. The number of nitrogens with one attached hydrogen (secondary N) is 1. The highest BCUT2D eigenvalue weighted by molar-refractivity contribution is 5.73. The number of amides is 1. The molecule has 8 heteroatoms. The lowest BCUT2D eigenvalue weighted by atomic mass is 10.4. The molecule has 0 aromatic rings.